The number of nitrogens with zero attached hydrogens (tertiary/aromatic N) is 1. The molecule has 68 valence electrons. The van der Waals surface area contributed by atoms with Crippen molar-refractivity contribution >= 4 is 11.7 Å². The van der Waals surface area contributed by atoms with Gasteiger partial charge in [-0.25, -0.2) is 4.79 Å². The zero-order valence-electron chi connectivity index (χ0n) is 6.93. The number of carboxylic acid groups (broad SMARTS) is 1. The Balaban J connectivity index is 2.10. The van der Waals surface area contributed by atoms with Crippen LogP contribution in [0.15, 0.2) is 28.9 Å². The van der Waals surface area contributed by atoms with E-state index < -0.39 is 6.09 Å². The van der Waals surface area contributed by atoms with Crippen LogP contribution in [0, 0.1) is 0 Å². The van der Waals surface area contributed by atoms with Crippen LogP contribution >= 0.6 is 0 Å². The van der Waals surface area contributed by atoms with Crippen molar-refractivity contribution in [3.05, 3.63) is 30.2 Å². The van der Waals surface area contributed by atoms with Gasteiger partial charge < -0.3 is 14.4 Å². The lowest BCUT2D eigenvalue weighted by molar-refractivity contribution is 0.158. The van der Waals surface area contributed by atoms with Crippen molar-refractivity contribution < 1.29 is 14.3 Å². The van der Waals surface area contributed by atoms with Gasteiger partial charge in [-0.3, -0.25) is 0 Å². The normalized spacial score (nSPS) is 16.0. The molecular weight excluding hydrogens is 170 g/mol. The van der Waals surface area contributed by atoms with Crippen molar-refractivity contribution in [1.82, 2.24) is 4.90 Å². The number of carbonyl (C=O) groups is 1. The molecule has 1 N–H and O–H groups in total. The second kappa shape index (κ2) is 2.97. The molecule has 1 aliphatic heterocycles. The molecule has 13 heavy (non-hydrogen) atoms. The van der Waals surface area contributed by atoms with E-state index in [9.17, 15) is 4.79 Å². The van der Waals surface area contributed by atoms with Crippen molar-refractivity contribution in [2.24, 2.45) is 0 Å². The largest absolute Gasteiger partial charge is 0.465 e. The second-order valence-electron chi connectivity index (χ2n) is 2.87. The fraction of sp³-hybridized carbons (Fsp3) is 0.222. The van der Waals surface area contributed by atoms with Crippen molar-refractivity contribution in [1.29, 1.82) is 0 Å². The van der Waals surface area contributed by atoms with Gasteiger partial charge >= 0.3 is 6.09 Å². The van der Waals surface area contributed by atoms with Crippen LogP contribution in [-0.4, -0.2) is 29.2 Å². The van der Waals surface area contributed by atoms with E-state index in [2.05, 4.69) is 0 Å². The SMILES string of the molecule is O=C(O)N1CC=C(c2ccco2)C1. The van der Waals surface area contributed by atoms with Gasteiger partial charge in [-0.1, -0.05) is 6.08 Å². The van der Waals surface area contributed by atoms with Crippen LogP contribution in [0.1, 0.15) is 5.76 Å². The lowest BCUT2D eigenvalue weighted by atomic mass is 10.2. The first-order valence-corrected chi connectivity index (χ1v) is 3.98. The van der Waals surface area contributed by atoms with E-state index in [0.29, 0.717) is 13.1 Å². The Morgan fingerprint density at radius 1 is 1.62 bits per heavy atom. The number of furan rings is 1. The predicted molar refractivity (Wildman–Crippen MR) is 46.3 cm³/mol. The monoisotopic (exact) mass is 179 g/mol. The minimum atomic E-state index is -0.891. The minimum Gasteiger partial charge on any atom is -0.465 e. The number of amides is 1. The first-order valence-electron chi connectivity index (χ1n) is 3.98. The topological polar surface area (TPSA) is 53.7 Å². The summed E-state index contributed by atoms with van der Waals surface area (Å²) in [6, 6.07) is 3.62. The fourth-order valence-electron chi connectivity index (χ4n) is 1.34. The van der Waals surface area contributed by atoms with E-state index >= 15 is 0 Å². The average Bonchev–Trinajstić information content (AvgIpc) is 2.75. The van der Waals surface area contributed by atoms with Crippen molar-refractivity contribution in [2.75, 3.05) is 13.1 Å². The van der Waals surface area contributed by atoms with E-state index in [1.54, 1.807) is 12.3 Å². The highest BCUT2D eigenvalue weighted by atomic mass is 16.4. The Hall–Kier alpha value is -1.71. The Kier molecular flexibility index (Phi) is 1.81. The molecule has 4 heteroatoms. The molecule has 1 amide bonds. The highest BCUT2D eigenvalue weighted by Gasteiger charge is 2.20. The summed E-state index contributed by atoms with van der Waals surface area (Å²) in [5.41, 5.74) is 0.937. The standard InChI is InChI=1S/C9H9NO3/c11-9(12)10-4-3-7(6-10)8-2-1-5-13-8/h1-3,5H,4,6H2,(H,11,12). The molecule has 0 saturated heterocycles. The maximum atomic E-state index is 10.6. The van der Waals surface area contributed by atoms with Gasteiger partial charge in [0.25, 0.3) is 0 Å². The zero-order valence-corrected chi connectivity index (χ0v) is 6.93. The maximum absolute atomic E-state index is 10.6. The molecule has 1 aliphatic rings. The van der Waals surface area contributed by atoms with Gasteiger partial charge in [0.15, 0.2) is 0 Å². The molecule has 2 rings (SSSR count). The first-order chi connectivity index (χ1) is 6.27. The van der Waals surface area contributed by atoms with Gasteiger partial charge in [0.1, 0.15) is 5.76 Å². The summed E-state index contributed by atoms with van der Waals surface area (Å²) >= 11 is 0. The molecule has 4 nitrogen and oxygen atoms in total. The Bertz CT molecular complexity index is 340. The molecule has 0 aliphatic carbocycles. The summed E-state index contributed by atoms with van der Waals surface area (Å²) in [4.78, 5) is 11.9. The number of rotatable bonds is 1. The third kappa shape index (κ3) is 1.42. The lowest BCUT2D eigenvalue weighted by Gasteiger charge is -2.09. The molecule has 0 spiro atoms. The second-order valence-corrected chi connectivity index (χ2v) is 2.87. The highest BCUT2D eigenvalue weighted by molar-refractivity contribution is 5.74. The molecule has 0 radical (unpaired) electrons. The average molecular weight is 179 g/mol. The van der Waals surface area contributed by atoms with Gasteiger partial charge in [0.05, 0.1) is 12.8 Å². The molecule has 1 aromatic heterocycles. The van der Waals surface area contributed by atoms with Gasteiger partial charge in [-0.05, 0) is 12.1 Å². The minimum absolute atomic E-state index is 0.419. The molecular formula is C9H9NO3. The van der Waals surface area contributed by atoms with Crippen LogP contribution in [0.25, 0.3) is 5.57 Å². The highest BCUT2D eigenvalue weighted by Crippen LogP contribution is 2.20. The Labute approximate surface area is 75.1 Å². The van der Waals surface area contributed by atoms with Crippen LogP contribution < -0.4 is 0 Å². The molecule has 1 aromatic rings. The van der Waals surface area contributed by atoms with Crippen molar-refractivity contribution in [3.63, 3.8) is 0 Å². The molecule has 0 unspecified atom stereocenters. The van der Waals surface area contributed by atoms with Gasteiger partial charge in [0, 0.05) is 12.1 Å². The molecule has 0 aromatic carbocycles. The van der Waals surface area contributed by atoms with E-state index in [1.165, 1.54) is 4.90 Å². The summed E-state index contributed by atoms with van der Waals surface area (Å²) in [6.45, 7) is 0.869. The maximum Gasteiger partial charge on any atom is 0.407 e. The van der Waals surface area contributed by atoms with E-state index in [4.69, 9.17) is 9.52 Å². The third-order valence-corrected chi connectivity index (χ3v) is 2.03. The Morgan fingerprint density at radius 3 is 3.00 bits per heavy atom. The summed E-state index contributed by atoms with van der Waals surface area (Å²) < 4.78 is 5.16. The smallest absolute Gasteiger partial charge is 0.407 e. The lowest BCUT2D eigenvalue weighted by Crippen LogP contribution is -2.26. The van der Waals surface area contributed by atoms with Gasteiger partial charge in [0.2, 0.25) is 0 Å². The van der Waals surface area contributed by atoms with Crippen LogP contribution in [0.2, 0.25) is 0 Å². The van der Waals surface area contributed by atoms with E-state index in [-0.39, 0.29) is 0 Å². The van der Waals surface area contributed by atoms with Crippen LogP contribution in [0.5, 0.6) is 0 Å². The summed E-state index contributed by atoms with van der Waals surface area (Å²) in [5, 5.41) is 8.69. The molecule has 2 heterocycles. The third-order valence-electron chi connectivity index (χ3n) is 2.03. The molecule has 0 fully saturated rings. The van der Waals surface area contributed by atoms with E-state index in [1.807, 2.05) is 12.1 Å². The fourth-order valence-corrected chi connectivity index (χ4v) is 1.34. The van der Waals surface area contributed by atoms with Crippen LogP contribution in [0.3, 0.4) is 0 Å². The zero-order chi connectivity index (χ0) is 9.26. The molecule has 0 bridgehead atoms. The number of hydrogen-bond acceptors (Lipinski definition) is 2. The summed E-state index contributed by atoms with van der Waals surface area (Å²) in [7, 11) is 0. The predicted octanol–water partition coefficient (Wildman–Crippen LogP) is 1.66. The van der Waals surface area contributed by atoms with Crippen LogP contribution in [-0.2, 0) is 0 Å². The first kappa shape index (κ1) is 7.91. The molecule has 0 saturated carbocycles. The van der Waals surface area contributed by atoms with Crippen molar-refractivity contribution in [2.45, 2.75) is 0 Å². The van der Waals surface area contributed by atoms with Crippen LogP contribution in [0.4, 0.5) is 4.79 Å². The van der Waals surface area contributed by atoms with Crippen molar-refractivity contribution in [3.8, 4) is 0 Å². The van der Waals surface area contributed by atoms with E-state index in [0.717, 1.165) is 11.3 Å². The Morgan fingerprint density at radius 2 is 2.46 bits per heavy atom. The quantitative estimate of drug-likeness (QED) is 0.713. The molecule has 0 atom stereocenters. The van der Waals surface area contributed by atoms with Gasteiger partial charge in [-0.15, -0.1) is 0 Å². The summed E-state index contributed by atoms with van der Waals surface area (Å²) in [5.74, 6) is 0.753. The van der Waals surface area contributed by atoms with Gasteiger partial charge in [-0.2, -0.15) is 0 Å². The number of hydrogen-bond donors (Lipinski definition) is 1. The summed E-state index contributed by atoms with van der Waals surface area (Å²) in [6.07, 6.45) is 2.56.